The molecule has 1 aromatic heterocycles. The van der Waals surface area contributed by atoms with Crippen LogP contribution in [-0.2, 0) is 12.8 Å². The van der Waals surface area contributed by atoms with Crippen LogP contribution in [0.15, 0.2) is 12.6 Å². The second-order valence-corrected chi connectivity index (χ2v) is 3.82. The van der Waals surface area contributed by atoms with E-state index >= 15 is 0 Å². The highest BCUT2D eigenvalue weighted by molar-refractivity contribution is 7.13. The third kappa shape index (κ3) is 0.816. The molecule has 0 atom stereocenters. The molecule has 0 unspecified atom stereocenters. The molecular weight excluding hydrogens is 140 g/mol. The van der Waals surface area contributed by atoms with Crippen LogP contribution in [0.4, 0.5) is 0 Å². The van der Waals surface area contributed by atoms with Gasteiger partial charge in [-0.05, 0) is 30.9 Å². The van der Waals surface area contributed by atoms with E-state index in [1.807, 2.05) is 17.4 Å². The van der Waals surface area contributed by atoms with Crippen molar-refractivity contribution >= 4 is 17.4 Å². The average molecular weight is 150 g/mol. The lowest BCUT2D eigenvalue weighted by Gasteiger charge is -1.82. The zero-order valence-electron chi connectivity index (χ0n) is 5.89. The monoisotopic (exact) mass is 150 g/mol. The fourth-order valence-electron chi connectivity index (χ4n) is 1.45. The molecule has 1 aliphatic carbocycles. The van der Waals surface area contributed by atoms with Crippen LogP contribution in [0.25, 0.3) is 6.08 Å². The molecule has 0 saturated heterocycles. The highest BCUT2D eigenvalue weighted by atomic mass is 32.1. The van der Waals surface area contributed by atoms with Crippen molar-refractivity contribution in [2.75, 3.05) is 0 Å². The molecule has 0 nitrogen and oxygen atoms in total. The molecule has 0 saturated carbocycles. The molecule has 1 aromatic rings. The molecule has 1 aliphatic rings. The van der Waals surface area contributed by atoms with Crippen molar-refractivity contribution < 1.29 is 0 Å². The Morgan fingerprint density at radius 2 is 2.40 bits per heavy atom. The first kappa shape index (κ1) is 6.17. The standard InChI is InChI=1S/C9H10S/c1-2-8-6-7-4-3-5-9(7)10-8/h2,6H,1,3-5H2. The summed E-state index contributed by atoms with van der Waals surface area (Å²) in [5.74, 6) is 0. The first-order valence-electron chi connectivity index (χ1n) is 3.64. The van der Waals surface area contributed by atoms with Gasteiger partial charge in [-0.2, -0.15) is 0 Å². The number of thiophene rings is 1. The van der Waals surface area contributed by atoms with Crippen molar-refractivity contribution in [1.82, 2.24) is 0 Å². The Balaban J connectivity index is 2.46. The summed E-state index contributed by atoms with van der Waals surface area (Å²) in [6.45, 7) is 3.75. The Hall–Kier alpha value is -0.560. The Morgan fingerprint density at radius 3 is 3.10 bits per heavy atom. The van der Waals surface area contributed by atoms with Crippen LogP contribution in [-0.4, -0.2) is 0 Å². The van der Waals surface area contributed by atoms with Crippen molar-refractivity contribution in [2.45, 2.75) is 19.3 Å². The van der Waals surface area contributed by atoms with Gasteiger partial charge in [0.05, 0.1) is 0 Å². The van der Waals surface area contributed by atoms with E-state index in [9.17, 15) is 0 Å². The van der Waals surface area contributed by atoms with Crippen molar-refractivity contribution in [2.24, 2.45) is 0 Å². The molecule has 0 fully saturated rings. The maximum atomic E-state index is 3.75. The largest absolute Gasteiger partial charge is 0.141 e. The maximum absolute atomic E-state index is 3.75. The molecule has 1 heterocycles. The molecule has 0 amide bonds. The SMILES string of the molecule is C=Cc1cc2c(s1)CCC2. The summed E-state index contributed by atoms with van der Waals surface area (Å²) in [7, 11) is 0. The van der Waals surface area contributed by atoms with Gasteiger partial charge in [-0.25, -0.2) is 0 Å². The van der Waals surface area contributed by atoms with Crippen LogP contribution in [0.2, 0.25) is 0 Å². The van der Waals surface area contributed by atoms with Crippen LogP contribution in [0.5, 0.6) is 0 Å². The summed E-state index contributed by atoms with van der Waals surface area (Å²) in [5, 5.41) is 0. The number of rotatable bonds is 1. The molecule has 0 bridgehead atoms. The Kier molecular flexibility index (Phi) is 1.38. The van der Waals surface area contributed by atoms with Gasteiger partial charge in [0.15, 0.2) is 0 Å². The summed E-state index contributed by atoms with van der Waals surface area (Å²) in [4.78, 5) is 2.93. The van der Waals surface area contributed by atoms with E-state index in [4.69, 9.17) is 0 Å². The van der Waals surface area contributed by atoms with E-state index in [0.717, 1.165) is 0 Å². The topological polar surface area (TPSA) is 0 Å². The summed E-state index contributed by atoms with van der Waals surface area (Å²) >= 11 is 1.90. The molecule has 0 N–H and O–H groups in total. The van der Waals surface area contributed by atoms with E-state index in [1.54, 1.807) is 10.4 Å². The molecule has 2 rings (SSSR count). The Bertz CT molecular complexity index is 236. The minimum Gasteiger partial charge on any atom is -0.141 e. The Morgan fingerprint density at radius 1 is 1.50 bits per heavy atom. The van der Waals surface area contributed by atoms with E-state index in [1.165, 1.54) is 24.1 Å². The molecule has 0 aromatic carbocycles. The number of hydrogen-bond acceptors (Lipinski definition) is 1. The average Bonchev–Trinajstić information content (AvgIpc) is 2.42. The van der Waals surface area contributed by atoms with Crippen LogP contribution in [0.1, 0.15) is 21.7 Å². The normalized spacial score (nSPS) is 15.2. The molecule has 0 radical (unpaired) electrons. The zero-order chi connectivity index (χ0) is 6.97. The molecular formula is C9H10S. The lowest BCUT2D eigenvalue weighted by atomic mass is 10.2. The van der Waals surface area contributed by atoms with Gasteiger partial charge in [0, 0.05) is 9.75 Å². The lowest BCUT2D eigenvalue weighted by Crippen LogP contribution is -1.68. The van der Waals surface area contributed by atoms with Crippen molar-refractivity contribution in [1.29, 1.82) is 0 Å². The predicted octanol–water partition coefficient (Wildman–Crippen LogP) is 2.88. The first-order chi connectivity index (χ1) is 4.90. The second-order valence-electron chi connectivity index (χ2n) is 2.65. The highest BCUT2D eigenvalue weighted by Crippen LogP contribution is 2.30. The van der Waals surface area contributed by atoms with Crippen molar-refractivity contribution in [3.05, 3.63) is 28.0 Å². The van der Waals surface area contributed by atoms with Crippen molar-refractivity contribution in [3.63, 3.8) is 0 Å². The highest BCUT2D eigenvalue weighted by Gasteiger charge is 2.12. The minimum atomic E-state index is 1.29. The van der Waals surface area contributed by atoms with Crippen LogP contribution < -0.4 is 0 Å². The van der Waals surface area contributed by atoms with Crippen molar-refractivity contribution in [3.8, 4) is 0 Å². The quantitative estimate of drug-likeness (QED) is 0.577. The molecule has 0 aliphatic heterocycles. The van der Waals surface area contributed by atoms with E-state index in [0.29, 0.717) is 0 Å². The third-order valence-corrected chi connectivity index (χ3v) is 3.20. The van der Waals surface area contributed by atoms with E-state index in [-0.39, 0.29) is 0 Å². The van der Waals surface area contributed by atoms with Gasteiger partial charge in [-0.3, -0.25) is 0 Å². The Labute approximate surface area is 65.2 Å². The molecule has 10 heavy (non-hydrogen) atoms. The van der Waals surface area contributed by atoms with Gasteiger partial charge in [-0.15, -0.1) is 11.3 Å². The smallest absolute Gasteiger partial charge is 0.0270 e. The van der Waals surface area contributed by atoms with Crippen LogP contribution >= 0.6 is 11.3 Å². The van der Waals surface area contributed by atoms with Gasteiger partial charge in [0.1, 0.15) is 0 Å². The summed E-state index contributed by atoms with van der Waals surface area (Å²) in [6, 6.07) is 2.28. The third-order valence-electron chi connectivity index (χ3n) is 1.97. The fourth-order valence-corrected chi connectivity index (χ4v) is 2.56. The number of fused-ring (bicyclic) bond motifs is 1. The predicted molar refractivity (Wildman–Crippen MR) is 46.4 cm³/mol. The summed E-state index contributed by atoms with van der Waals surface area (Å²) in [6.07, 6.45) is 5.90. The summed E-state index contributed by atoms with van der Waals surface area (Å²) < 4.78 is 0. The number of hydrogen-bond donors (Lipinski definition) is 0. The molecule has 52 valence electrons. The van der Waals surface area contributed by atoms with E-state index in [2.05, 4.69) is 12.6 Å². The molecule has 0 spiro atoms. The maximum Gasteiger partial charge on any atom is 0.0270 e. The van der Waals surface area contributed by atoms with Gasteiger partial charge in [-0.1, -0.05) is 12.7 Å². The van der Waals surface area contributed by atoms with Gasteiger partial charge in [0.2, 0.25) is 0 Å². The molecule has 1 heteroatoms. The lowest BCUT2D eigenvalue weighted by molar-refractivity contribution is 0.914. The fraction of sp³-hybridized carbons (Fsp3) is 0.333. The van der Waals surface area contributed by atoms with Crippen LogP contribution in [0, 0.1) is 0 Å². The minimum absolute atomic E-state index is 1.29. The van der Waals surface area contributed by atoms with Gasteiger partial charge < -0.3 is 0 Å². The van der Waals surface area contributed by atoms with Gasteiger partial charge in [0.25, 0.3) is 0 Å². The number of aryl methyl sites for hydroxylation is 2. The summed E-state index contributed by atoms with van der Waals surface area (Å²) in [5.41, 5.74) is 1.57. The first-order valence-corrected chi connectivity index (χ1v) is 4.46. The van der Waals surface area contributed by atoms with Gasteiger partial charge >= 0.3 is 0 Å². The second kappa shape index (κ2) is 2.24. The van der Waals surface area contributed by atoms with E-state index < -0.39 is 0 Å². The van der Waals surface area contributed by atoms with Crippen LogP contribution in [0.3, 0.4) is 0 Å². The zero-order valence-corrected chi connectivity index (χ0v) is 6.71.